The van der Waals surface area contributed by atoms with Crippen LogP contribution < -0.4 is 9.62 Å². The van der Waals surface area contributed by atoms with Gasteiger partial charge in [0, 0.05) is 31.5 Å². The zero-order chi connectivity index (χ0) is 30.4. The number of anilines is 2. The summed E-state index contributed by atoms with van der Waals surface area (Å²) in [5, 5.41) is 21.4. The summed E-state index contributed by atoms with van der Waals surface area (Å²) in [5.41, 5.74) is 3.70. The van der Waals surface area contributed by atoms with Gasteiger partial charge in [-0.05, 0) is 75.2 Å². The van der Waals surface area contributed by atoms with E-state index in [0.29, 0.717) is 18.7 Å². The summed E-state index contributed by atoms with van der Waals surface area (Å²) >= 11 is 0. The number of halogens is 4. The monoisotopic (exact) mass is 588 g/mol. The first kappa shape index (κ1) is 32.1. The second kappa shape index (κ2) is 12.8. The highest BCUT2D eigenvalue weighted by atomic mass is 32.2. The molecule has 3 N–H and O–H groups in total. The van der Waals surface area contributed by atoms with Crippen LogP contribution in [0.5, 0.6) is 0 Å². The summed E-state index contributed by atoms with van der Waals surface area (Å²) in [6.07, 6.45) is -4.40. The van der Waals surface area contributed by atoms with Crippen molar-refractivity contribution < 1.29 is 45.8 Å². The van der Waals surface area contributed by atoms with Crippen LogP contribution in [0.3, 0.4) is 0 Å². The van der Waals surface area contributed by atoms with Crippen molar-refractivity contribution >= 4 is 33.3 Å². The van der Waals surface area contributed by atoms with Gasteiger partial charge >= 0.3 is 18.1 Å². The lowest BCUT2D eigenvalue weighted by atomic mass is 10.1. The third kappa shape index (κ3) is 8.18. The molecule has 0 saturated carbocycles. The second-order valence-corrected chi connectivity index (χ2v) is 10.2. The van der Waals surface area contributed by atoms with E-state index in [2.05, 4.69) is 9.82 Å². The number of aliphatic carboxylic acids is 1. The van der Waals surface area contributed by atoms with Crippen molar-refractivity contribution in [1.29, 1.82) is 0 Å². The Bertz CT molecular complexity index is 1470. The van der Waals surface area contributed by atoms with Crippen molar-refractivity contribution in [3.05, 3.63) is 70.8 Å². The Morgan fingerprint density at radius 3 is 2.12 bits per heavy atom. The first-order chi connectivity index (χ1) is 18.5. The first-order valence-corrected chi connectivity index (χ1v) is 13.2. The largest absolute Gasteiger partial charge is 0.490 e. The Kier molecular flexibility index (Phi) is 10.3. The third-order valence-electron chi connectivity index (χ3n) is 5.78. The van der Waals surface area contributed by atoms with E-state index in [9.17, 15) is 35.9 Å². The number of aryl methyl sites for hydroxylation is 2. The minimum absolute atomic E-state index is 0.0329. The van der Waals surface area contributed by atoms with Crippen molar-refractivity contribution in [2.75, 3.05) is 23.2 Å². The van der Waals surface area contributed by atoms with Crippen LogP contribution in [-0.4, -0.2) is 60.1 Å². The number of hydrogen-bond acceptors (Lipinski definition) is 6. The van der Waals surface area contributed by atoms with E-state index in [1.54, 1.807) is 13.1 Å². The molecule has 3 rings (SSSR count). The van der Waals surface area contributed by atoms with E-state index in [4.69, 9.17) is 9.90 Å². The molecule has 15 heteroatoms. The van der Waals surface area contributed by atoms with Gasteiger partial charge in [-0.25, -0.2) is 22.4 Å². The molecule has 0 fully saturated rings. The maximum absolute atomic E-state index is 13.1. The van der Waals surface area contributed by atoms with Gasteiger partial charge in [-0.15, -0.1) is 0 Å². The van der Waals surface area contributed by atoms with Gasteiger partial charge in [-0.3, -0.25) is 9.40 Å². The van der Waals surface area contributed by atoms with Crippen LogP contribution in [0.2, 0.25) is 0 Å². The van der Waals surface area contributed by atoms with Crippen LogP contribution >= 0.6 is 0 Å². The molecule has 0 aliphatic rings. The number of benzene rings is 2. The van der Waals surface area contributed by atoms with Crippen LogP contribution in [0.1, 0.15) is 34.2 Å². The van der Waals surface area contributed by atoms with Gasteiger partial charge in [0.15, 0.2) is 0 Å². The topological polar surface area (TPSA) is 142 Å². The molecule has 1 aromatic heterocycles. The first-order valence-electron chi connectivity index (χ1n) is 11.7. The molecule has 0 spiro atoms. The Morgan fingerprint density at radius 1 is 1.07 bits per heavy atom. The molecule has 10 nitrogen and oxygen atoms in total. The molecule has 0 unspecified atom stereocenters. The van der Waals surface area contributed by atoms with Crippen molar-refractivity contribution in [3.63, 3.8) is 0 Å². The van der Waals surface area contributed by atoms with Crippen molar-refractivity contribution in [2.45, 2.75) is 44.8 Å². The van der Waals surface area contributed by atoms with Gasteiger partial charge in [0.05, 0.1) is 21.8 Å². The number of carboxylic acid groups (broad SMARTS) is 2. The predicted octanol–water partition coefficient (Wildman–Crippen LogP) is 4.47. The number of alkyl halides is 3. The number of likely N-dealkylation sites (N-methyl/N-ethyl adjacent to an activating group) is 1. The number of carbonyl (C=O) groups is 2. The molecule has 0 bridgehead atoms. The van der Waals surface area contributed by atoms with E-state index < -0.39 is 34.0 Å². The highest BCUT2D eigenvalue weighted by molar-refractivity contribution is 7.92. The molecular formula is C25H28F4N4O6S. The Hall–Kier alpha value is -4.14. The average molecular weight is 589 g/mol. The summed E-state index contributed by atoms with van der Waals surface area (Å²) in [6, 6.07) is 8.73. The lowest BCUT2D eigenvalue weighted by Crippen LogP contribution is -2.23. The summed E-state index contributed by atoms with van der Waals surface area (Å²) in [7, 11) is -2.20. The number of nitrogens with zero attached hydrogens (tertiary/aromatic N) is 3. The molecule has 0 aliphatic heterocycles. The highest BCUT2D eigenvalue weighted by Crippen LogP contribution is 2.26. The van der Waals surface area contributed by atoms with Crippen LogP contribution in [0.15, 0.2) is 47.4 Å². The van der Waals surface area contributed by atoms with Crippen LogP contribution in [-0.2, 0) is 27.8 Å². The second-order valence-electron chi connectivity index (χ2n) is 8.54. The summed E-state index contributed by atoms with van der Waals surface area (Å²) < 4.78 is 74.3. The summed E-state index contributed by atoms with van der Waals surface area (Å²) in [4.78, 5) is 22.5. The third-order valence-corrected chi connectivity index (χ3v) is 7.18. The normalized spacial score (nSPS) is 11.4. The zero-order valence-electron chi connectivity index (χ0n) is 22.0. The maximum Gasteiger partial charge on any atom is 0.490 e. The minimum Gasteiger partial charge on any atom is -0.478 e. The zero-order valence-corrected chi connectivity index (χ0v) is 22.8. The highest BCUT2D eigenvalue weighted by Gasteiger charge is 2.38. The number of sulfonamides is 1. The van der Waals surface area contributed by atoms with Crippen molar-refractivity contribution in [1.82, 2.24) is 9.78 Å². The Labute approximate surface area is 227 Å². The number of aromatic carboxylic acids is 1. The summed E-state index contributed by atoms with van der Waals surface area (Å²) in [5.74, 6) is -4.49. The van der Waals surface area contributed by atoms with Crippen LogP contribution in [0, 0.1) is 19.7 Å². The molecule has 0 aliphatic carbocycles. The lowest BCUT2D eigenvalue weighted by molar-refractivity contribution is -0.192. The van der Waals surface area contributed by atoms with Crippen molar-refractivity contribution in [2.24, 2.45) is 0 Å². The molecule has 0 radical (unpaired) electrons. The SMILES string of the molecule is CCn1nc(C)c(CCN(C)c2ccc(NS(=O)(=O)c3ccc(F)cc3)cc2C(=O)O)c1C.O=C(O)C(F)(F)F. The molecule has 0 amide bonds. The standard InChI is InChI=1S/C23H27FN4O4S.C2HF3O2/c1-5-28-16(3)20(15(2)25-28)12-13-27(4)22-11-8-18(14-21(22)23(29)30)26-33(31,32)19-9-6-17(24)7-10-19;3-2(4,5)1(6)7/h6-11,14,26H,5,12-13H2,1-4H3,(H,29,30);(H,6,7). The molecule has 218 valence electrons. The fourth-order valence-corrected chi connectivity index (χ4v) is 4.78. The van der Waals surface area contributed by atoms with Gasteiger partial charge < -0.3 is 15.1 Å². The van der Waals surface area contributed by atoms with Crippen LogP contribution in [0.25, 0.3) is 0 Å². The average Bonchev–Trinajstić information content (AvgIpc) is 3.14. The quantitative estimate of drug-likeness (QED) is 0.311. The summed E-state index contributed by atoms with van der Waals surface area (Å²) in [6.45, 7) is 7.34. The van der Waals surface area contributed by atoms with Crippen molar-refractivity contribution in [3.8, 4) is 0 Å². The smallest absolute Gasteiger partial charge is 0.478 e. The minimum atomic E-state index is -5.08. The van der Waals surface area contributed by atoms with Gasteiger partial charge in [-0.2, -0.15) is 18.3 Å². The number of carboxylic acids is 2. The number of hydrogen-bond donors (Lipinski definition) is 3. The van der Waals surface area contributed by atoms with E-state index in [1.807, 2.05) is 30.4 Å². The van der Waals surface area contributed by atoms with Crippen LogP contribution in [0.4, 0.5) is 28.9 Å². The predicted molar refractivity (Wildman–Crippen MR) is 139 cm³/mol. The molecule has 0 saturated heterocycles. The lowest BCUT2D eigenvalue weighted by Gasteiger charge is -2.22. The fraction of sp³-hybridized carbons (Fsp3) is 0.320. The molecule has 3 aromatic rings. The van der Waals surface area contributed by atoms with E-state index in [1.165, 1.54) is 12.1 Å². The van der Waals surface area contributed by atoms with Gasteiger partial charge in [-0.1, -0.05) is 0 Å². The Morgan fingerprint density at radius 2 is 1.65 bits per heavy atom. The van der Waals surface area contributed by atoms with E-state index >= 15 is 0 Å². The van der Waals surface area contributed by atoms with Gasteiger partial charge in [0.1, 0.15) is 5.82 Å². The molecule has 0 atom stereocenters. The number of aromatic nitrogens is 2. The fourth-order valence-electron chi connectivity index (χ4n) is 3.74. The van der Waals surface area contributed by atoms with E-state index in [0.717, 1.165) is 47.8 Å². The molecule has 40 heavy (non-hydrogen) atoms. The van der Waals surface area contributed by atoms with E-state index in [-0.39, 0.29) is 16.1 Å². The van der Waals surface area contributed by atoms with Gasteiger partial charge in [0.25, 0.3) is 10.0 Å². The molecule has 1 heterocycles. The van der Waals surface area contributed by atoms with Gasteiger partial charge in [0.2, 0.25) is 0 Å². The number of nitrogens with one attached hydrogen (secondary N) is 1. The molecule has 2 aromatic carbocycles. The maximum atomic E-state index is 13.1. The molecular weight excluding hydrogens is 560 g/mol. The Balaban J connectivity index is 0.000000708. The number of rotatable bonds is 9.